The van der Waals surface area contributed by atoms with Crippen molar-refractivity contribution in [3.63, 3.8) is 0 Å². The van der Waals surface area contributed by atoms with Crippen LogP contribution in [0.25, 0.3) is 0 Å². The van der Waals surface area contributed by atoms with E-state index in [-0.39, 0.29) is 11.3 Å². The van der Waals surface area contributed by atoms with Crippen LogP contribution < -0.4 is 0 Å². The van der Waals surface area contributed by atoms with Gasteiger partial charge in [0.1, 0.15) is 11.3 Å². The van der Waals surface area contributed by atoms with Gasteiger partial charge in [0.05, 0.1) is 0 Å². The Morgan fingerprint density at radius 3 is 1.79 bits per heavy atom. The zero-order valence-corrected chi connectivity index (χ0v) is 18.6. The Hall–Kier alpha value is -1.51. The second-order valence-corrected chi connectivity index (χ2v) is 9.15. The SMILES string of the molecule is CC(C)CCCCCCc1cc(CCCCCCC(C)C)c(O)c(C(=O)O)c1. The summed E-state index contributed by atoms with van der Waals surface area (Å²) in [4.78, 5) is 11.5. The topological polar surface area (TPSA) is 57.5 Å². The zero-order valence-electron chi connectivity index (χ0n) is 18.6. The second-order valence-electron chi connectivity index (χ2n) is 9.15. The number of phenols is 1. The van der Waals surface area contributed by atoms with Crippen molar-refractivity contribution in [2.24, 2.45) is 11.8 Å². The van der Waals surface area contributed by atoms with E-state index in [0.29, 0.717) is 0 Å². The lowest BCUT2D eigenvalue weighted by molar-refractivity contribution is 0.0693. The van der Waals surface area contributed by atoms with Crippen molar-refractivity contribution in [2.75, 3.05) is 0 Å². The fraction of sp³-hybridized carbons (Fsp3) is 0.720. The molecule has 0 unspecified atom stereocenters. The maximum Gasteiger partial charge on any atom is 0.339 e. The molecule has 0 radical (unpaired) electrons. The summed E-state index contributed by atoms with van der Waals surface area (Å²) in [6.45, 7) is 9.02. The van der Waals surface area contributed by atoms with Crippen molar-refractivity contribution in [1.29, 1.82) is 0 Å². The molecule has 0 bridgehead atoms. The maximum absolute atomic E-state index is 11.5. The normalized spacial score (nSPS) is 11.5. The molecule has 0 aliphatic rings. The van der Waals surface area contributed by atoms with Gasteiger partial charge in [-0.05, 0) is 54.7 Å². The number of aromatic hydroxyl groups is 1. The largest absolute Gasteiger partial charge is 0.507 e. The molecule has 0 spiro atoms. The first-order chi connectivity index (χ1) is 13.3. The van der Waals surface area contributed by atoms with Gasteiger partial charge in [0.15, 0.2) is 0 Å². The van der Waals surface area contributed by atoms with Crippen molar-refractivity contribution >= 4 is 5.97 Å². The minimum atomic E-state index is -1.03. The van der Waals surface area contributed by atoms with Crippen LogP contribution in [0.2, 0.25) is 0 Å². The number of benzene rings is 1. The van der Waals surface area contributed by atoms with E-state index < -0.39 is 5.97 Å². The predicted octanol–water partition coefficient (Wildman–Crippen LogP) is 7.39. The van der Waals surface area contributed by atoms with E-state index in [1.54, 1.807) is 6.07 Å². The third-order valence-corrected chi connectivity index (χ3v) is 5.45. The number of aryl methyl sites for hydroxylation is 2. The monoisotopic (exact) mass is 390 g/mol. The highest BCUT2D eigenvalue weighted by molar-refractivity contribution is 5.91. The highest BCUT2D eigenvalue weighted by Gasteiger charge is 2.15. The summed E-state index contributed by atoms with van der Waals surface area (Å²) < 4.78 is 0. The number of hydrogen-bond donors (Lipinski definition) is 2. The summed E-state index contributed by atoms with van der Waals surface area (Å²) in [6.07, 6.45) is 13.6. The zero-order chi connectivity index (χ0) is 20.9. The van der Waals surface area contributed by atoms with Gasteiger partial charge in [-0.1, -0.05) is 85.1 Å². The molecule has 0 aromatic heterocycles. The Balaban J connectivity index is 2.55. The molecule has 28 heavy (non-hydrogen) atoms. The van der Waals surface area contributed by atoms with Gasteiger partial charge in [0, 0.05) is 0 Å². The number of unbranched alkanes of at least 4 members (excludes halogenated alkanes) is 6. The molecule has 0 saturated heterocycles. The van der Waals surface area contributed by atoms with E-state index >= 15 is 0 Å². The lowest BCUT2D eigenvalue weighted by Gasteiger charge is -2.12. The Kier molecular flexibility index (Phi) is 11.9. The molecule has 0 aliphatic carbocycles. The molecule has 0 fully saturated rings. The van der Waals surface area contributed by atoms with E-state index in [4.69, 9.17) is 0 Å². The molecular formula is C25H42O3. The molecule has 0 atom stereocenters. The van der Waals surface area contributed by atoms with Gasteiger partial charge < -0.3 is 10.2 Å². The number of hydrogen-bond acceptors (Lipinski definition) is 2. The highest BCUT2D eigenvalue weighted by atomic mass is 16.4. The van der Waals surface area contributed by atoms with E-state index in [2.05, 4.69) is 27.7 Å². The van der Waals surface area contributed by atoms with Gasteiger partial charge in [-0.15, -0.1) is 0 Å². The summed E-state index contributed by atoms with van der Waals surface area (Å²) in [5.74, 6) is 0.456. The smallest absolute Gasteiger partial charge is 0.339 e. The standard InChI is InChI=1S/C25H42O3/c1-19(2)13-9-5-7-11-15-21-17-22(24(26)23(18-21)25(27)28)16-12-8-6-10-14-20(3)4/h17-20,26H,5-16H2,1-4H3,(H,27,28). The number of carboxylic acids is 1. The van der Waals surface area contributed by atoms with E-state index in [1.165, 1.54) is 44.9 Å². The molecule has 3 nitrogen and oxygen atoms in total. The van der Waals surface area contributed by atoms with Gasteiger partial charge in [-0.2, -0.15) is 0 Å². The fourth-order valence-electron chi connectivity index (χ4n) is 3.72. The molecule has 0 amide bonds. The quantitative estimate of drug-likeness (QED) is 0.307. The van der Waals surface area contributed by atoms with Crippen molar-refractivity contribution < 1.29 is 15.0 Å². The fourth-order valence-corrected chi connectivity index (χ4v) is 3.72. The highest BCUT2D eigenvalue weighted by Crippen LogP contribution is 2.28. The molecule has 0 heterocycles. The van der Waals surface area contributed by atoms with Crippen LogP contribution in [0.4, 0.5) is 0 Å². The summed E-state index contributed by atoms with van der Waals surface area (Å²) in [5.41, 5.74) is 1.92. The van der Waals surface area contributed by atoms with Gasteiger partial charge in [0.25, 0.3) is 0 Å². The molecule has 2 N–H and O–H groups in total. The van der Waals surface area contributed by atoms with Crippen LogP contribution in [0.5, 0.6) is 5.75 Å². The molecule has 160 valence electrons. The molecule has 0 saturated carbocycles. The van der Waals surface area contributed by atoms with Crippen LogP contribution in [0.3, 0.4) is 0 Å². The average Bonchev–Trinajstić information content (AvgIpc) is 2.62. The van der Waals surface area contributed by atoms with E-state index in [1.807, 2.05) is 6.07 Å². The summed E-state index contributed by atoms with van der Waals surface area (Å²) in [6, 6.07) is 3.70. The van der Waals surface area contributed by atoms with Gasteiger partial charge in [-0.25, -0.2) is 4.79 Å². The second kappa shape index (κ2) is 13.6. The van der Waals surface area contributed by atoms with Crippen molar-refractivity contribution in [3.05, 3.63) is 28.8 Å². The first-order valence-corrected chi connectivity index (χ1v) is 11.4. The van der Waals surface area contributed by atoms with Gasteiger partial charge in [0.2, 0.25) is 0 Å². The maximum atomic E-state index is 11.5. The first kappa shape index (κ1) is 24.5. The third kappa shape index (κ3) is 10.1. The lowest BCUT2D eigenvalue weighted by atomic mass is 9.95. The number of carboxylic acid groups (broad SMARTS) is 1. The minimum absolute atomic E-state index is 0.0321. The molecule has 3 heteroatoms. The number of carbonyl (C=O) groups is 1. The Bertz CT molecular complexity index is 575. The Morgan fingerprint density at radius 1 is 0.786 bits per heavy atom. The first-order valence-electron chi connectivity index (χ1n) is 11.4. The summed E-state index contributed by atoms with van der Waals surface area (Å²) in [5, 5.41) is 19.8. The number of aromatic carboxylic acids is 1. The molecule has 1 aromatic carbocycles. The molecule has 0 aliphatic heterocycles. The minimum Gasteiger partial charge on any atom is -0.507 e. The van der Waals surface area contributed by atoms with Crippen molar-refractivity contribution in [2.45, 2.75) is 105 Å². The van der Waals surface area contributed by atoms with Crippen LogP contribution in [-0.4, -0.2) is 16.2 Å². The van der Waals surface area contributed by atoms with Crippen LogP contribution in [0.1, 0.15) is 113 Å². The lowest BCUT2D eigenvalue weighted by Crippen LogP contribution is -2.02. The summed E-state index contributed by atoms with van der Waals surface area (Å²) >= 11 is 0. The van der Waals surface area contributed by atoms with Gasteiger partial charge in [-0.3, -0.25) is 0 Å². The van der Waals surface area contributed by atoms with Crippen LogP contribution >= 0.6 is 0 Å². The molecule has 1 rings (SSSR count). The summed E-state index contributed by atoms with van der Waals surface area (Å²) in [7, 11) is 0. The van der Waals surface area contributed by atoms with Crippen molar-refractivity contribution in [1.82, 2.24) is 0 Å². The van der Waals surface area contributed by atoms with Crippen LogP contribution in [0, 0.1) is 11.8 Å². The molecule has 1 aromatic rings. The number of rotatable bonds is 15. The van der Waals surface area contributed by atoms with E-state index in [0.717, 1.165) is 55.1 Å². The van der Waals surface area contributed by atoms with Crippen LogP contribution in [0.15, 0.2) is 12.1 Å². The Morgan fingerprint density at radius 2 is 1.29 bits per heavy atom. The van der Waals surface area contributed by atoms with E-state index in [9.17, 15) is 15.0 Å². The molecular weight excluding hydrogens is 348 g/mol. The van der Waals surface area contributed by atoms with Crippen LogP contribution in [-0.2, 0) is 12.8 Å². The van der Waals surface area contributed by atoms with Crippen molar-refractivity contribution in [3.8, 4) is 5.75 Å². The van der Waals surface area contributed by atoms with Gasteiger partial charge >= 0.3 is 5.97 Å². The average molecular weight is 391 g/mol. The predicted molar refractivity (Wildman–Crippen MR) is 118 cm³/mol. The Labute approximate surface area is 172 Å². The third-order valence-electron chi connectivity index (χ3n) is 5.45.